The van der Waals surface area contributed by atoms with Crippen LogP contribution in [0.3, 0.4) is 0 Å². The Bertz CT molecular complexity index is 1470. The molecule has 12 heteroatoms. The molecule has 2 aliphatic heterocycles. The number of aromatic nitrogens is 1. The van der Waals surface area contributed by atoms with Gasteiger partial charge in [0.1, 0.15) is 5.04 Å². The Labute approximate surface area is 213 Å². The van der Waals surface area contributed by atoms with Crippen LogP contribution in [0.15, 0.2) is 75.1 Å². The summed E-state index contributed by atoms with van der Waals surface area (Å²) < 4.78 is 16.1. The Kier molecular flexibility index (Phi) is 6.40. The van der Waals surface area contributed by atoms with E-state index in [9.17, 15) is 9.59 Å². The van der Waals surface area contributed by atoms with Crippen molar-refractivity contribution >= 4 is 57.4 Å². The van der Waals surface area contributed by atoms with E-state index in [1.54, 1.807) is 37.5 Å². The zero-order valence-corrected chi connectivity index (χ0v) is 20.2. The van der Waals surface area contributed by atoms with Crippen LogP contribution in [0.4, 0.5) is 0 Å². The number of furan rings is 1. The highest BCUT2D eigenvalue weighted by Crippen LogP contribution is 2.38. The first-order chi connectivity index (χ1) is 17.4. The number of carbonyl (C=O) groups is 2. The zero-order valence-electron chi connectivity index (χ0n) is 18.6. The quantitative estimate of drug-likeness (QED) is 0.282. The number of rotatable bonds is 6. The highest BCUT2D eigenvalue weighted by molar-refractivity contribution is 8.27. The van der Waals surface area contributed by atoms with E-state index in [2.05, 4.69) is 15.1 Å². The molecule has 0 unspecified atom stereocenters. The van der Waals surface area contributed by atoms with E-state index in [0.29, 0.717) is 10.6 Å². The number of ether oxygens (including phenoxy) is 2. The molecule has 36 heavy (non-hydrogen) atoms. The van der Waals surface area contributed by atoms with E-state index in [-0.39, 0.29) is 45.5 Å². The number of halogens is 1. The van der Waals surface area contributed by atoms with Crippen LogP contribution in [0.2, 0.25) is 5.02 Å². The van der Waals surface area contributed by atoms with Crippen molar-refractivity contribution in [2.75, 3.05) is 6.61 Å². The molecular formula is C24H16ClN5O5S. The molecule has 0 saturated carbocycles. The first-order valence-corrected chi connectivity index (χ1v) is 11.8. The van der Waals surface area contributed by atoms with Crippen molar-refractivity contribution < 1.29 is 23.5 Å². The Morgan fingerprint density at radius 2 is 2.17 bits per heavy atom. The topological polar surface area (TPSA) is 130 Å². The molecule has 0 aliphatic carbocycles. The molecule has 4 heterocycles. The van der Waals surface area contributed by atoms with Gasteiger partial charge in [0.05, 0.1) is 23.5 Å². The molecule has 5 rings (SSSR count). The highest BCUT2D eigenvalue weighted by atomic mass is 35.5. The molecule has 0 spiro atoms. The minimum Gasteiger partial charge on any atom is -0.490 e. The summed E-state index contributed by atoms with van der Waals surface area (Å²) in [5.74, 6) is -1.28. The fourth-order valence-corrected chi connectivity index (χ4v) is 4.47. The van der Waals surface area contributed by atoms with Crippen molar-refractivity contribution in [3.63, 3.8) is 0 Å². The van der Waals surface area contributed by atoms with Crippen LogP contribution in [0.25, 0.3) is 6.08 Å². The van der Waals surface area contributed by atoms with Crippen LogP contribution < -0.4 is 9.47 Å². The van der Waals surface area contributed by atoms with Gasteiger partial charge >= 0.3 is 5.97 Å². The number of benzene rings is 1. The molecular weight excluding hydrogens is 506 g/mol. The molecule has 0 bridgehead atoms. The lowest BCUT2D eigenvalue weighted by Crippen LogP contribution is -2.35. The average Bonchev–Trinajstić information content (AvgIpc) is 3.55. The van der Waals surface area contributed by atoms with Crippen LogP contribution in [-0.4, -0.2) is 44.5 Å². The number of amides is 1. The predicted octanol–water partition coefficient (Wildman–Crippen LogP) is 4.61. The van der Waals surface area contributed by atoms with Gasteiger partial charge in [-0.3, -0.25) is 15.2 Å². The van der Waals surface area contributed by atoms with Gasteiger partial charge in [0.25, 0.3) is 5.91 Å². The molecule has 1 amide bonds. The minimum absolute atomic E-state index is 0.00400. The van der Waals surface area contributed by atoms with Gasteiger partial charge in [-0.2, -0.15) is 15.1 Å². The maximum atomic E-state index is 12.8. The van der Waals surface area contributed by atoms with Crippen LogP contribution in [0.1, 0.15) is 28.6 Å². The monoisotopic (exact) mass is 521 g/mol. The number of hydrogen-bond acceptors (Lipinski definition) is 9. The van der Waals surface area contributed by atoms with Crippen molar-refractivity contribution in [1.29, 1.82) is 5.41 Å². The number of fused-ring (bicyclic) bond motifs is 1. The van der Waals surface area contributed by atoms with Crippen LogP contribution >= 0.6 is 23.4 Å². The smallest absolute Gasteiger partial charge is 0.379 e. The first-order valence-electron chi connectivity index (χ1n) is 10.6. The summed E-state index contributed by atoms with van der Waals surface area (Å²) in [7, 11) is 0. The minimum atomic E-state index is -0.742. The normalized spacial score (nSPS) is 16.1. The Hall–Kier alpha value is -4.22. The van der Waals surface area contributed by atoms with E-state index in [4.69, 9.17) is 30.9 Å². The molecule has 0 radical (unpaired) electrons. The summed E-state index contributed by atoms with van der Waals surface area (Å²) in [5, 5.41) is 15.2. The van der Waals surface area contributed by atoms with Crippen molar-refractivity contribution in [1.82, 2.24) is 9.99 Å². The van der Waals surface area contributed by atoms with Gasteiger partial charge in [-0.15, -0.1) is 0 Å². The molecule has 0 fully saturated rings. The van der Waals surface area contributed by atoms with Crippen molar-refractivity contribution in [2.45, 2.75) is 6.92 Å². The molecule has 3 aromatic rings. The van der Waals surface area contributed by atoms with E-state index in [0.717, 1.165) is 5.56 Å². The summed E-state index contributed by atoms with van der Waals surface area (Å²) >= 11 is 7.60. The maximum absolute atomic E-state index is 12.8. The Morgan fingerprint density at radius 3 is 2.89 bits per heavy atom. The van der Waals surface area contributed by atoms with Crippen LogP contribution in [0, 0.1) is 5.41 Å². The average molecular weight is 522 g/mol. The molecule has 180 valence electrons. The summed E-state index contributed by atoms with van der Waals surface area (Å²) in [4.78, 5) is 33.3. The van der Waals surface area contributed by atoms with Gasteiger partial charge in [0, 0.05) is 18.0 Å². The number of amidine groups is 2. The largest absolute Gasteiger partial charge is 0.490 e. The number of esters is 1. The van der Waals surface area contributed by atoms with Gasteiger partial charge in [-0.1, -0.05) is 11.6 Å². The molecule has 1 N–H and O–H groups in total. The number of aliphatic imine (C=N–C) groups is 1. The number of thioether (sulfide) groups is 1. The standard InChI is InChI=1S/C24H16ClN5O5S/c1-2-33-18-11-13(10-16(25)19(18)35-23(32)17-6-4-8-34-17)9-15-20(26)30-24(28-21(15)31)36-22(29-30)14-5-3-7-27-12-14/h3-12,26H,2H2,1H3/b15-9-,26-20?. The SMILES string of the molecule is CCOc1cc(/C=C2/C(=N)N3N=C(c4cccnc4)SC3=NC2=O)cc(Cl)c1OC(=O)c1ccco1. The number of nitrogens with zero attached hydrogens (tertiary/aromatic N) is 4. The number of hydrazone groups is 1. The second-order valence-corrected chi connectivity index (χ2v) is 8.66. The van der Waals surface area contributed by atoms with Crippen molar-refractivity contribution in [3.05, 3.63) is 82.5 Å². The molecule has 0 saturated heterocycles. The predicted molar refractivity (Wildman–Crippen MR) is 135 cm³/mol. The van der Waals surface area contributed by atoms with Gasteiger partial charge in [0.2, 0.25) is 10.9 Å². The van der Waals surface area contributed by atoms with Crippen molar-refractivity contribution in [3.8, 4) is 11.5 Å². The Balaban J connectivity index is 1.46. The molecule has 2 aromatic heterocycles. The summed E-state index contributed by atoms with van der Waals surface area (Å²) in [6, 6.07) is 9.67. The highest BCUT2D eigenvalue weighted by Gasteiger charge is 2.36. The lowest BCUT2D eigenvalue weighted by molar-refractivity contribution is -0.114. The molecule has 2 aliphatic rings. The van der Waals surface area contributed by atoms with Gasteiger partial charge in [-0.05, 0) is 66.7 Å². The van der Waals surface area contributed by atoms with Crippen molar-refractivity contribution in [2.24, 2.45) is 10.1 Å². The van der Waals surface area contributed by atoms with E-state index in [1.807, 2.05) is 6.07 Å². The van der Waals surface area contributed by atoms with Gasteiger partial charge < -0.3 is 13.9 Å². The molecule has 10 nitrogen and oxygen atoms in total. The second-order valence-electron chi connectivity index (χ2n) is 7.30. The molecule has 0 atom stereocenters. The molecule has 1 aromatic carbocycles. The van der Waals surface area contributed by atoms with Gasteiger partial charge in [-0.25, -0.2) is 4.79 Å². The van der Waals surface area contributed by atoms with Crippen LogP contribution in [-0.2, 0) is 4.79 Å². The third kappa shape index (κ3) is 4.53. The van der Waals surface area contributed by atoms with Gasteiger partial charge in [0.15, 0.2) is 17.3 Å². The fourth-order valence-electron chi connectivity index (χ4n) is 3.34. The lowest BCUT2D eigenvalue weighted by atomic mass is 10.1. The van der Waals surface area contributed by atoms with E-state index in [1.165, 1.54) is 41.2 Å². The van der Waals surface area contributed by atoms with E-state index < -0.39 is 11.9 Å². The zero-order chi connectivity index (χ0) is 25.2. The summed E-state index contributed by atoms with van der Waals surface area (Å²) in [5.41, 5.74) is 1.20. The lowest BCUT2D eigenvalue weighted by Gasteiger charge is -2.20. The number of carbonyl (C=O) groups excluding carboxylic acids is 2. The number of pyridine rings is 1. The number of nitrogens with one attached hydrogen (secondary N) is 1. The van der Waals surface area contributed by atoms with E-state index >= 15 is 0 Å². The first kappa shape index (κ1) is 23.5. The second kappa shape index (κ2) is 9.80. The Morgan fingerprint density at radius 1 is 1.31 bits per heavy atom. The number of hydrogen-bond donors (Lipinski definition) is 1. The third-order valence-electron chi connectivity index (χ3n) is 4.92. The maximum Gasteiger partial charge on any atom is 0.379 e. The van der Waals surface area contributed by atoms with Crippen LogP contribution in [0.5, 0.6) is 11.5 Å². The third-order valence-corrected chi connectivity index (χ3v) is 6.16. The summed E-state index contributed by atoms with van der Waals surface area (Å²) in [6.45, 7) is 2.03. The summed E-state index contributed by atoms with van der Waals surface area (Å²) in [6.07, 6.45) is 6.10. The fraction of sp³-hybridized carbons (Fsp3) is 0.0833.